The van der Waals surface area contributed by atoms with E-state index in [2.05, 4.69) is 10.6 Å². The van der Waals surface area contributed by atoms with Crippen LogP contribution < -0.4 is 16.4 Å². The second-order valence-corrected chi connectivity index (χ2v) is 2.97. The van der Waals surface area contributed by atoms with Crippen molar-refractivity contribution in [1.82, 2.24) is 10.6 Å². The molecule has 1 atom stereocenters. The number of carbonyl (C=O) groups excluding carboxylic acids is 2. The van der Waals surface area contributed by atoms with Crippen LogP contribution in [0.5, 0.6) is 0 Å². The van der Waals surface area contributed by atoms with Gasteiger partial charge < -0.3 is 16.4 Å². The summed E-state index contributed by atoms with van der Waals surface area (Å²) in [4.78, 5) is 21.5. The molecule has 0 saturated heterocycles. The van der Waals surface area contributed by atoms with Crippen molar-refractivity contribution in [2.75, 3.05) is 6.54 Å². The number of amides is 3. The van der Waals surface area contributed by atoms with Gasteiger partial charge in [0.15, 0.2) is 0 Å². The minimum atomic E-state index is -0.414. The summed E-state index contributed by atoms with van der Waals surface area (Å²) in [5.74, 6) is -0.414. The van der Waals surface area contributed by atoms with Crippen LogP contribution in [0.3, 0.4) is 0 Å². The van der Waals surface area contributed by atoms with Crippen molar-refractivity contribution in [3.8, 4) is 0 Å². The van der Waals surface area contributed by atoms with Crippen LogP contribution in [0.4, 0.5) is 4.79 Å². The van der Waals surface area contributed by atoms with Crippen LogP contribution in [0.1, 0.15) is 26.7 Å². The fraction of sp³-hybridized carbons (Fsp3) is 0.750. The third kappa shape index (κ3) is 7.11. The first-order chi connectivity index (χ1) is 6.06. The summed E-state index contributed by atoms with van der Waals surface area (Å²) in [6.45, 7) is 4.33. The van der Waals surface area contributed by atoms with Gasteiger partial charge >= 0.3 is 6.03 Å². The summed E-state index contributed by atoms with van der Waals surface area (Å²) >= 11 is 0. The quantitative estimate of drug-likeness (QED) is 0.564. The maximum atomic E-state index is 11.0. The topological polar surface area (TPSA) is 84.2 Å². The summed E-state index contributed by atoms with van der Waals surface area (Å²) in [6, 6.07) is -0.468. The zero-order chi connectivity index (χ0) is 10.3. The van der Waals surface area contributed by atoms with Crippen molar-refractivity contribution in [1.29, 1.82) is 0 Å². The Morgan fingerprint density at radius 1 is 1.46 bits per heavy atom. The van der Waals surface area contributed by atoms with Crippen LogP contribution in [0.2, 0.25) is 0 Å². The molecule has 5 nitrogen and oxygen atoms in total. The monoisotopic (exact) mass is 187 g/mol. The van der Waals surface area contributed by atoms with E-state index in [4.69, 9.17) is 5.73 Å². The highest BCUT2D eigenvalue weighted by atomic mass is 16.2. The Hall–Kier alpha value is -1.26. The summed E-state index contributed by atoms with van der Waals surface area (Å²) < 4.78 is 0. The molecule has 0 aliphatic carbocycles. The Balaban J connectivity index is 3.59. The van der Waals surface area contributed by atoms with Gasteiger partial charge in [0, 0.05) is 19.0 Å². The lowest BCUT2D eigenvalue weighted by Crippen LogP contribution is -2.42. The number of hydrogen-bond acceptors (Lipinski definition) is 2. The van der Waals surface area contributed by atoms with Gasteiger partial charge in [0.25, 0.3) is 0 Å². The Kier molecular flexibility index (Phi) is 5.67. The largest absolute Gasteiger partial charge is 0.370 e. The van der Waals surface area contributed by atoms with Crippen LogP contribution in [-0.4, -0.2) is 24.5 Å². The molecule has 0 bridgehead atoms. The molecule has 0 radical (unpaired) electrons. The molecule has 0 saturated carbocycles. The molecular formula is C8H17N3O2. The van der Waals surface area contributed by atoms with E-state index in [9.17, 15) is 9.59 Å². The third-order valence-electron chi connectivity index (χ3n) is 1.42. The van der Waals surface area contributed by atoms with Gasteiger partial charge in [-0.25, -0.2) is 4.79 Å². The van der Waals surface area contributed by atoms with Crippen molar-refractivity contribution < 1.29 is 9.59 Å². The second-order valence-electron chi connectivity index (χ2n) is 2.97. The standard InChI is InChI=1S/C8H17N3O2/c1-3-4-10-8(13)11-6(2)5-7(9)12/h6H,3-5H2,1-2H3,(H2,9,12)(H2,10,11,13). The Bertz CT molecular complexity index is 182. The highest BCUT2D eigenvalue weighted by molar-refractivity contribution is 5.77. The molecule has 0 fully saturated rings. The van der Waals surface area contributed by atoms with Crippen LogP contribution in [0, 0.1) is 0 Å². The lowest BCUT2D eigenvalue weighted by Gasteiger charge is -2.12. The van der Waals surface area contributed by atoms with Crippen molar-refractivity contribution >= 4 is 11.9 Å². The highest BCUT2D eigenvalue weighted by Crippen LogP contribution is 1.88. The van der Waals surface area contributed by atoms with E-state index in [1.54, 1.807) is 6.92 Å². The number of rotatable bonds is 5. The van der Waals surface area contributed by atoms with Gasteiger partial charge in [-0.15, -0.1) is 0 Å². The predicted molar refractivity (Wildman–Crippen MR) is 50.1 cm³/mol. The summed E-state index contributed by atoms with van der Waals surface area (Å²) in [7, 11) is 0. The lowest BCUT2D eigenvalue weighted by atomic mass is 10.2. The molecule has 3 amide bonds. The lowest BCUT2D eigenvalue weighted by molar-refractivity contribution is -0.118. The van der Waals surface area contributed by atoms with E-state index >= 15 is 0 Å². The number of hydrogen-bond donors (Lipinski definition) is 3. The maximum Gasteiger partial charge on any atom is 0.315 e. The molecule has 13 heavy (non-hydrogen) atoms. The average Bonchev–Trinajstić information content (AvgIpc) is 1.98. The molecule has 5 heteroatoms. The number of nitrogens with one attached hydrogen (secondary N) is 2. The van der Waals surface area contributed by atoms with Crippen molar-refractivity contribution in [3.63, 3.8) is 0 Å². The number of carbonyl (C=O) groups is 2. The minimum Gasteiger partial charge on any atom is -0.370 e. The average molecular weight is 187 g/mol. The Morgan fingerprint density at radius 3 is 2.54 bits per heavy atom. The van der Waals surface area contributed by atoms with Crippen LogP contribution >= 0.6 is 0 Å². The van der Waals surface area contributed by atoms with Gasteiger partial charge in [-0.1, -0.05) is 6.92 Å². The van der Waals surface area contributed by atoms with E-state index in [0.717, 1.165) is 6.42 Å². The first kappa shape index (κ1) is 11.7. The number of primary amides is 1. The predicted octanol–water partition coefficient (Wildman–Crippen LogP) is -0.0405. The van der Waals surface area contributed by atoms with Crippen molar-refractivity contribution in [2.45, 2.75) is 32.7 Å². The molecule has 0 aromatic rings. The highest BCUT2D eigenvalue weighted by Gasteiger charge is 2.08. The smallest absolute Gasteiger partial charge is 0.315 e. The van der Waals surface area contributed by atoms with Gasteiger partial charge in [-0.05, 0) is 13.3 Å². The van der Waals surface area contributed by atoms with Gasteiger partial charge in [0.2, 0.25) is 5.91 Å². The van der Waals surface area contributed by atoms with Crippen molar-refractivity contribution in [2.24, 2.45) is 5.73 Å². The Labute approximate surface area is 78.1 Å². The van der Waals surface area contributed by atoms with E-state index < -0.39 is 5.91 Å². The van der Waals surface area contributed by atoms with E-state index in [1.165, 1.54) is 0 Å². The first-order valence-corrected chi connectivity index (χ1v) is 4.39. The zero-order valence-corrected chi connectivity index (χ0v) is 8.09. The molecule has 4 N–H and O–H groups in total. The molecule has 0 aliphatic heterocycles. The van der Waals surface area contributed by atoms with Gasteiger partial charge in [0.05, 0.1) is 0 Å². The summed E-state index contributed by atoms with van der Waals surface area (Å²) in [5.41, 5.74) is 4.96. The Morgan fingerprint density at radius 2 is 2.08 bits per heavy atom. The van der Waals surface area contributed by atoms with Gasteiger partial charge in [-0.3, -0.25) is 4.79 Å². The zero-order valence-electron chi connectivity index (χ0n) is 8.09. The van der Waals surface area contributed by atoms with Gasteiger partial charge in [0.1, 0.15) is 0 Å². The minimum absolute atomic E-state index is 0.166. The van der Waals surface area contributed by atoms with Crippen LogP contribution in [0.15, 0.2) is 0 Å². The van der Waals surface area contributed by atoms with E-state index in [-0.39, 0.29) is 18.5 Å². The normalized spacial score (nSPS) is 11.8. The number of urea groups is 1. The fourth-order valence-electron chi connectivity index (χ4n) is 0.866. The molecule has 0 aromatic heterocycles. The summed E-state index contributed by atoms with van der Waals surface area (Å²) in [5, 5.41) is 5.23. The summed E-state index contributed by atoms with van der Waals surface area (Å²) in [6.07, 6.45) is 1.05. The van der Waals surface area contributed by atoms with Crippen LogP contribution in [0.25, 0.3) is 0 Å². The molecule has 0 heterocycles. The molecule has 76 valence electrons. The first-order valence-electron chi connectivity index (χ1n) is 4.39. The maximum absolute atomic E-state index is 11.0. The fourth-order valence-corrected chi connectivity index (χ4v) is 0.866. The molecular weight excluding hydrogens is 170 g/mol. The molecule has 0 rings (SSSR count). The second kappa shape index (κ2) is 6.28. The van der Waals surface area contributed by atoms with Gasteiger partial charge in [-0.2, -0.15) is 0 Å². The SMILES string of the molecule is CCCNC(=O)NC(C)CC(N)=O. The number of nitrogens with two attached hydrogens (primary N) is 1. The van der Waals surface area contributed by atoms with Crippen LogP contribution in [-0.2, 0) is 4.79 Å². The molecule has 0 spiro atoms. The third-order valence-corrected chi connectivity index (χ3v) is 1.42. The van der Waals surface area contributed by atoms with E-state index in [1.807, 2.05) is 6.92 Å². The molecule has 0 aliphatic rings. The molecule has 1 unspecified atom stereocenters. The molecule has 0 aromatic carbocycles. The van der Waals surface area contributed by atoms with Crippen molar-refractivity contribution in [3.05, 3.63) is 0 Å². The van der Waals surface area contributed by atoms with E-state index in [0.29, 0.717) is 6.54 Å².